The van der Waals surface area contributed by atoms with Gasteiger partial charge in [0.25, 0.3) is 5.56 Å². The Morgan fingerprint density at radius 1 is 1.38 bits per heavy atom. The number of hydrogen-bond donors (Lipinski definition) is 6. The van der Waals surface area contributed by atoms with Crippen LogP contribution in [0.2, 0.25) is 0 Å². The van der Waals surface area contributed by atoms with Crippen LogP contribution in [0, 0.1) is 5.92 Å². The van der Waals surface area contributed by atoms with E-state index in [1.807, 2.05) is 0 Å². The maximum Gasteiger partial charge on any atom is 0.262 e. The molecule has 3 rings (SSSR count). The Labute approximate surface area is 119 Å². The molecule has 0 fully saturated rings. The molecule has 2 heterocycles. The fourth-order valence-corrected chi connectivity index (χ4v) is 2.56. The highest BCUT2D eigenvalue weighted by Gasteiger charge is 2.27. The summed E-state index contributed by atoms with van der Waals surface area (Å²) in [5.41, 5.74) is 6.42. The van der Waals surface area contributed by atoms with Gasteiger partial charge in [-0.05, 0) is 5.56 Å². The first-order chi connectivity index (χ1) is 10.1. The molecule has 0 radical (unpaired) electrons. The van der Waals surface area contributed by atoms with Crippen molar-refractivity contribution in [1.82, 2.24) is 20.3 Å². The number of aliphatic hydroxyl groups excluding tert-OH is 2. The number of aromatic amines is 2. The SMILES string of the molecule is Nc1nc2[nH]cc(CNC[C@H]3C=C[C@H](O)[C@@H]3O)c2c(=O)[nH]1. The first kappa shape index (κ1) is 13.8. The summed E-state index contributed by atoms with van der Waals surface area (Å²) in [7, 11) is 0. The van der Waals surface area contributed by atoms with Gasteiger partial charge in [0.15, 0.2) is 0 Å². The number of nitrogens with one attached hydrogen (secondary N) is 3. The maximum atomic E-state index is 11.9. The van der Waals surface area contributed by atoms with Gasteiger partial charge < -0.3 is 26.2 Å². The van der Waals surface area contributed by atoms with Crippen LogP contribution in [0.25, 0.3) is 11.0 Å². The van der Waals surface area contributed by atoms with E-state index in [0.29, 0.717) is 24.1 Å². The van der Waals surface area contributed by atoms with Crippen molar-refractivity contribution in [3.8, 4) is 0 Å². The van der Waals surface area contributed by atoms with E-state index in [4.69, 9.17) is 5.73 Å². The number of H-pyrrole nitrogens is 2. The molecule has 0 aliphatic heterocycles. The van der Waals surface area contributed by atoms with Crippen LogP contribution < -0.4 is 16.6 Å². The molecule has 3 atom stereocenters. The van der Waals surface area contributed by atoms with Crippen LogP contribution in [0.3, 0.4) is 0 Å². The summed E-state index contributed by atoms with van der Waals surface area (Å²) in [5, 5.41) is 22.8. The lowest BCUT2D eigenvalue weighted by atomic mass is 10.1. The predicted octanol–water partition coefficient (Wildman–Crippen LogP) is -1.17. The van der Waals surface area contributed by atoms with Crippen LogP contribution in [0.4, 0.5) is 5.95 Å². The molecule has 2 aromatic heterocycles. The standard InChI is InChI=1S/C13H17N5O3/c14-13-17-11-9(12(21)18-13)7(5-16-11)4-15-3-6-1-2-8(19)10(6)20/h1-2,5-6,8,10,15,19-20H,3-4H2,(H4,14,16,17,18,21)/t6-,8+,10-/m1/s1. The van der Waals surface area contributed by atoms with Gasteiger partial charge in [-0.1, -0.05) is 12.2 Å². The molecule has 0 saturated carbocycles. The number of nitrogens with two attached hydrogens (primary N) is 1. The molecule has 0 aromatic carbocycles. The Hall–Kier alpha value is -2.16. The molecule has 0 amide bonds. The number of nitrogen functional groups attached to an aromatic ring is 1. The molecular weight excluding hydrogens is 274 g/mol. The van der Waals surface area contributed by atoms with Crippen molar-refractivity contribution < 1.29 is 10.2 Å². The second kappa shape index (κ2) is 5.32. The lowest BCUT2D eigenvalue weighted by Gasteiger charge is -2.16. The summed E-state index contributed by atoms with van der Waals surface area (Å²) in [6.45, 7) is 0.948. The van der Waals surface area contributed by atoms with E-state index in [9.17, 15) is 15.0 Å². The minimum Gasteiger partial charge on any atom is -0.389 e. The number of anilines is 1. The zero-order valence-electron chi connectivity index (χ0n) is 11.2. The monoisotopic (exact) mass is 291 g/mol. The number of nitrogens with zero attached hydrogens (tertiary/aromatic N) is 1. The van der Waals surface area contributed by atoms with E-state index in [-0.39, 0.29) is 17.4 Å². The third-order valence-electron chi connectivity index (χ3n) is 3.68. The molecule has 8 nitrogen and oxygen atoms in total. The first-order valence-corrected chi connectivity index (χ1v) is 6.67. The highest BCUT2D eigenvalue weighted by Crippen LogP contribution is 2.18. The molecule has 1 aliphatic rings. The van der Waals surface area contributed by atoms with Crippen molar-refractivity contribution in [3.05, 3.63) is 34.3 Å². The van der Waals surface area contributed by atoms with E-state index in [2.05, 4.69) is 20.3 Å². The van der Waals surface area contributed by atoms with E-state index < -0.39 is 12.2 Å². The number of fused-ring (bicyclic) bond motifs is 1. The van der Waals surface area contributed by atoms with Crippen LogP contribution in [-0.2, 0) is 6.54 Å². The average molecular weight is 291 g/mol. The Morgan fingerprint density at radius 3 is 2.90 bits per heavy atom. The van der Waals surface area contributed by atoms with E-state index in [0.717, 1.165) is 5.56 Å². The molecule has 0 unspecified atom stereocenters. The quantitative estimate of drug-likeness (QED) is 0.392. The van der Waals surface area contributed by atoms with Gasteiger partial charge in [0, 0.05) is 25.2 Å². The first-order valence-electron chi connectivity index (χ1n) is 6.67. The fourth-order valence-electron chi connectivity index (χ4n) is 2.56. The van der Waals surface area contributed by atoms with Crippen molar-refractivity contribution in [2.24, 2.45) is 5.92 Å². The molecule has 2 aromatic rings. The van der Waals surface area contributed by atoms with Crippen molar-refractivity contribution in [2.75, 3.05) is 12.3 Å². The van der Waals surface area contributed by atoms with Crippen molar-refractivity contribution >= 4 is 17.0 Å². The molecule has 112 valence electrons. The normalized spacial score (nSPS) is 25.0. The molecule has 0 saturated heterocycles. The second-order valence-electron chi connectivity index (χ2n) is 5.15. The number of rotatable bonds is 4. The van der Waals surface area contributed by atoms with Gasteiger partial charge in [-0.25, -0.2) is 0 Å². The van der Waals surface area contributed by atoms with Crippen LogP contribution in [0.1, 0.15) is 5.56 Å². The lowest BCUT2D eigenvalue weighted by molar-refractivity contribution is 0.0337. The zero-order valence-corrected chi connectivity index (χ0v) is 11.2. The average Bonchev–Trinajstić information content (AvgIpc) is 2.97. The summed E-state index contributed by atoms with van der Waals surface area (Å²) in [4.78, 5) is 21.3. The number of aromatic nitrogens is 3. The Kier molecular flexibility index (Phi) is 3.50. The minimum atomic E-state index is -0.806. The number of aliphatic hydroxyl groups is 2. The fraction of sp³-hybridized carbons (Fsp3) is 0.385. The molecule has 8 heteroatoms. The van der Waals surface area contributed by atoms with Crippen molar-refractivity contribution in [2.45, 2.75) is 18.8 Å². The highest BCUT2D eigenvalue weighted by molar-refractivity contribution is 5.79. The largest absolute Gasteiger partial charge is 0.389 e. The van der Waals surface area contributed by atoms with Crippen LogP contribution in [0.5, 0.6) is 0 Å². The van der Waals surface area contributed by atoms with Gasteiger partial charge in [0.1, 0.15) is 5.65 Å². The van der Waals surface area contributed by atoms with Gasteiger partial charge >= 0.3 is 0 Å². The van der Waals surface area contributed by atoms with E-state index >= 15 is 0 Å². The summed E-state index contributed by atoms with van der Waals surface area (Å²) in [6.07, 6.45) is 3.48. The molecule has 7 N–H and O–H groups in total. The second-order valence-corrected chi connectivity index (χ2v) is 5.15. The summed E-state index contributed by atoms with van der Waals surface area (Å²) < 4.78 is 0. The third-order valence-corrected chi connectivity index (χ3v) is 3.68. The molecule has 0 bridgehead atoms. The van der Waals surface area contributed by atoms with E-state index in [1.54, 1.807) is 18.3 Å². The van der Waals surface area contributed by atoms with Crippen LogP contribution in [-0.4, -0.2) is 43.9 Å². The number of hydrogen-bond acceptors (Lipinski definition) is 6. The molecular formula is C13H17N5O3. The highest BCUT2D eigenvalue weighted by atomic mass is 16.3. The van der Waals surface area contributed by atoms with Gasteiger partial charge in [0.05, 0.1) is 17.6 Å². The zero-order chi connectivity index (χ0) is 15.0. The van der Waals surface area contributed by atoms with Gasteiger partial charge in [-0.15, -0.1) is 0 Å². The molecule has 0 spiro atoms. The Bertz CT molecular complexity index is 735. The maximum absolute atomic E-state index is 11.9. The third kappa shape index (κ3) is 2.56. The minimum absolute atomic E-state index is 0.0714. The van der Waals surface area contributed by atoms with Gasteiger partial charge in [0.2, 0.25) is 5.95 Å². The predicted molar refractivity (Wildman–Crippen MR) is 77.5 cm³/mol. The summed E-state index contributed by atoms with van der Waals surface area (Å²) >= 11 is 0. The lowest BCUT2D eigenvalue weighted by Crippen LogP contribution is -2.33. The van der Waals surface area contributed by atoms with Gasteiger partial charge in [-0.3, -0.25) is 9.78 Å². The smallest absolute Gasteiger partial charge is 0.262 e. The van der Waals surface area contributed by atoms with Gasteiger partial charge in [-0.2, -0.15) is 4.98 Å². The Morgan fingerprint density at radius 2 is 2.19 bits per heavy atom. The van der Waals surface area contributed by atoms with E-state index in [1.165, 1.54) is 0 Å². The van der Waals surface area contributed by atoms with Crippen LogP contribution in [0.15, 0.2) is 23.1 Å². The topological polar surface area (TPSA) is 140 Å². The van der Waals surface area contributed by atoms with Crippen molar-refractivity contribution in [1.29, 1.82) is 0 Å². The Balaban J connectivity index is 1.69. The van der Waals surface area contributed by atoms with Crippen LogP contribution >= 0.6 is 0 Å². The molecule has 1 aliphatic carbocycles. The summed E-state index contributed by atoms with van der Waals surface area (Å²) in [5.74, 6) is -0.0701. The summed E-state index contributed by atoms with van der Waals surface area (Å²) in [6, 6.07) is 0. The van der Waals surface area contributed by atoms with Crippen molar-refractivity contribution in [3.63, 3.8) is 0 Å². The molecule has 21 heavy (non-hydrogen) atoms.